The highest BCUT2D eigenvalue weighted by atomic mass is 35.5. The smallest absolute Gasteiger partial charge is 0.321 e. The molecule has 1 aliphatic rings. The third kappa shape index (κ3) is 4.01. The van der Waals surface area contributed by atoms with E-state index in [4.69, 9.17) is 23.2 Å². The molecule has 0 aromatic heterocycles. The van der Waals surface area contributed by atoms with Crippen molar-refractivity contribution in [3.63, 3.8) is 0 Å². The summed E-state index contributed by atoms with van der Waals surface area (Å²) < 4.78 is 0. The van der Waals surface area contributed by atoms with Gasteiger partial charge in [0.25, 0.3) is 0 Å². The predicted octanol–water partition coefficient (Wildman–Crippen LogP) is 3.55. The number of halogens is 2. The van der Waals surface area contributed by atoms with Gasteiger partial charge in [0.1, 0.15) is 0 Å². The van der Waals surface area contributed by atoms with Crippen molar-refractivity contribution in [1.82, 2.24) is 9.80 Å². The molecule has 6 heteroatoms. The van der Waals surface area contributed by atoms with E-state index in [0.29, 0.717) is 15.7 Å². The lowest BCUT2D eigenvalue weighted by Gasteiger charge is -2.34. The first-order chi connectivity index (χ1) is 9.60. The zero-order chi connectivity index (χ0) is 14.5. The molecule has 1 aromatic rings. The Morgan fingerprint density at radius 2 is 1.90 bits per heavy atom. The van der Waals surface area contributed by atoms with E-state index in [1.807, 2.05) is 4.90 Å². The van der Waals surface area contributed by atoms with Crippen molar-refractivity contribution in [3.8, 4) is 0 Å². The second-order valence-corrected chi connectivity index (χ2v) is 5.70. The number of nitrogens with zero attached hydrogens (tertiary/aromatic N) is 2. The molecule has 0 aliphatic carbocycles. The zero-order valence-corrected chi connectivity index (χ0v) is 13.0. The summed E-state index contributed by atoms with van der Waals surface area (Å²) in [6.07, 6.45) is 1.15. The van der Waals surface area contributed by atoms with Gasteiger partial charge in [-0.15, -0.1) is 0 Å². The second kappa shape index (κ2) is 7.16. The molecule has 1 saturated heterocycles. The predicted molar refractivity (Wildman–Crippen MR) is 83.8 cm³/mol. The first-order valence-corrected chi connectivity index (χ1v) is 7.59. The second-order valence-electron chi connectivity index (χ2n) is 4.89. The van der Waals surface area contributed by atoms with Gasteiger partial charge >= 0.3 is 6.03 Å². The molecule has 0 radical (unpaired) electrons. The highest BCUT2D eigenvalue weighted by Crippen LogP contribution is 2.25. The topological polar surface area (TPSA) is 35.6 Å². The van der Waals surface area contributed by atoms with Crippen LogP contribution in [0.15, 0.2) is 18.2 Å². The van der Waals surface area contributed by atoms with Gasteiger partial charge in [0.15, 0.2) is 0 Å². The van der Waals surface area contributed by atoms with E-state index in [2.05, 4.69) is 17.1 Å². The Balaban J connectivity index is 1.88. The van der Waals surface area contributed by atoms with E-state index >= 15 is 0 Å². The van der Waals surface area contributed by atoms with Gasteiger partial charge in [-0.3, -0.25) is 4.90 Å². The lowest BCUT2D eigenvalue weighted by atomic mass is 10.3. The van der Waals surface area contributed by atoms with Gasteiger partial charge in [-0.05, 0) is 31.2 Å². The van der Waals surface area contributed by atoms with Crippen LogP contribution in [0.3, 0.4) is 0 Å². The maximum atomic E-state index is 12.1. The third-order valence-electron chi connectivity index (χ3n) is 3.37. The highest BCUT2D eigenvalue weighted by molar-refractivity contribution is 6.42. The summed E-state index contributed by atoms with van der Waals surface area (Å²) in [5.41, 5.74) is 0.667. The van der Waals surface area contributed by atoms with Crippen molar-refractivity contribution in [2.45, 2.75) is 13.3 Å². The summed E-state index contributed by atoms with van der Waals surface area (Å²) in [5.74, 6) is 0. The average Bonchev–Trinajstić information content (AvgIpc) is 2.44. The van der Waals surface area contributed by atoms with Crippen LogP contribution >= 0.6 is 23.2 Å². The Morgan fingerprint density at radius 1 is 1.20 bits per heavy atom. The summed E-state index contributed by atoms with van der Waals surface area (Å²) >= 11 is 11.8. The van der Waals surface area contributed by atoms with Gasteiger partial charge in [0.2, 0.25) is 0 Å². The molecule has 1 heterocycles. The quantitative estimate of drug-likeness (QED) is 0.925. The molecule has 110 valence electrons. The number of carbonyl (C=O) groups is 1. The van der Waals surface area contributed by atoms with Crippen LogP contribution in [-0.4, -0.2) is 48.6 Å². The maximum Gasteiger partial charge on any atom is 0.321 e. The molecule has 0 bridgehead atoms. The number of carbonyl (C=O) groups excluding carboxylic acids is 1. The number of hydrogen-bond acceptors (Lipinski definition) is 2. The van der Waals surface area contributed by atoms with Gasteiger partial charge in [-0.2, -0.15) is 0 Å². The first kappa shape index (κ1) is 15.4. The van der Waals surface area contributed by atoms with Crippen LogP contribution in [0, 0.1) is 0 Å². The fourth-order valence-electron chi connectivity index (χ4n) is 2.27. The van der Waals surface area contributed by atoms with Crippen LogP contribution in [-0.2, 0) is 0 Å². The zero-order valence-electron chi connectivity index (χ0n) is 11.5. The average molecular weight is 316 g/mol. The number of rotatable bonds is 3. The summed E-state index contributed by atoms with van der Waals surface area (Å²) in [6, 6.07) is 5.01. The van der Waals surface area contributed by atoms with Gasteiger partial charge in [0.05, 0.1) is 10.0 Å². The summed E-state index contributed by atoms with van der Waals surface area (Å²) in [6.45, 7) is 6.65. The minimum absolute atomic E-state index is 0.0838. The van der Waals surface area contributed by atoms with Crippen LogP contribution in [0.25, 0.3) is 0 Å². The van der Waals surface area contributed by atoms with E-state index in [1.54, 1.807) is 18.2 Å². The summed E-state index contributed by atoms with van der Waals surface area (Å²) in [5, 5.41) is 3.78. The highest BCUT2D eigenvalue weighted by Gasteiger charge is 2.20. The van der Waals surface area contributed by atoms with Gasteiger partial charge in [-0.25, -0.2) is 4.79 Å². The van der Waals surface area contributed by atoms with Crippen LogP contribution in [0.2, 0.25) is 10.0 Å². The molecule has 2 amide bonds. The molecule has 20 heavy (non-hydrogen) atoms. The van der Waals surface area contributed by atoms with E-state index in [9.17, 15) is 4.79 Å². The Kier molecular flexibility index (Phi) is 5.52. The van der Waals surface area contributed by atoms with Gasteiger partial charge in [0, 0.05) is 31.9 Å². The Labute approximate surface area is 129 Å². The lowest BCUT2D eigenvalue weighted by Crippen LogP contribution is -2.50. The van der Waals surface area contributed by atoms with E-state index < -0.39 is 0 Å². The number of anilines is 1. The normalized spacial score (nSPS) is 16.2. The number of amides is 2. The standard InChI is InChI=1S/C14H19Cl2N3O/c1-2-5-18-6-8-19(9-7-18)14(20)17-11-3-4-12(15)13(16)10-11/h3-4,10H,2,5-9H2,1H3,(H,17,20). The van der Waals surface area contributed by atoms with Crippen molar-refractivity contribution in [2.24, 2.45) is 0 Å². The molecular formula is C14H19Cl2N3O. The lowest BCUT2D eigenvalue weighted by molar-refractivity contribution is 0.147. The number of hydrogen-bond donors (Lipinski definition) is 1. The molecule has 4 nitrogen and oxygen atoms in total. The molecule has 1 N–H and O–H groups in total. The number of nitrogens with one attached hydrogen (secondary N) is 1. The van der Waals surface area contributed by atoms with Crippen molar-refractivity contribution in [1.29, 1.82) is 0 Å². The maximum absolute atomic E-state index is 12.1. The van der Waals surface area contributed by atoms with Crippen LogP contribution < -0.4 is 5.32 Å². The van der Waals surface area contributed by atoms with Crippen molar-refractivity contribution < 1.29 is 4.79 Å². The Hall–Kier alpha value is -0.970. The SMILES string of the molecule is CCCN1CCN(C(=O)Nc2ccc(Cl)c(Cl)c2)CC1. The molecule has 0 atom stereocenters. The van der Waals surface area contributed by atoms with E-state index in [1.165, 1.54) is 0 Å². The molecule has 2 rings (SSSR count). The van der Waals surface area contributed by atoms with Crippen LogP contribution in [0.1, 0.15) is 13.3 Å². The molecule has 0 saturated carbocycles. The van der Waals surface area contributed by atoms with E-state index in [0.717, 1.165) is 39.1 Å². The molecule has 1 aliphatic heterocycles. The Bertz CT molecular complexity index is 473. The molecule has 0 spiro atoms. The Morgan fingerprint density at radius 3 is 2.50 bits per heavy atom. The minimum Gasteiger partial charge on any atom is -0.322 e. The molecule has 1 aromatic carbocycles. The number of benzene rings is 1. The first-order valence-electron chi connectivity index (χ1n) is 6.83. The summed E-state index contributed by atoms with van der Waals surface area (Å²) in [7, 11) is 0. The van der Waals surface area contributed by atoms with E-state index in [-0.39, 0.29) is 6.03 Å². The van der Waals surface area contributed by atoms with Crippen molar-refractivity contribution in [3.05, 3.63) is 28.2 Å². The minimum atomic E-state index is -0.0838. The number of urea groups is 1. The van der Waals surface area contributed by atoms with Crippen molar-refractivity contribution >= 4 is 34.9 Å². The van der Waals surface area contributed by atoms with Crippen molar-refractivity contribution in [2.75, 3.05) is 38.0 Å². The summed E-state index contributed by atoms with van der Waals surface area (Å²) in [4.78, 5) is 16.4. The molecule has 1 fully saturated rings. The fourth-order valence-corrected chi connectivity index (χ4v) is 2.57. The van der Waals surface area contributed by atoms with Crippen LogP contribution in [0.4, 0.5) is 10.5 Å². The molecule has 0 unspecified atom stereocenters. The number of piperazine rings is 1. The third-order valence-corrected chi connectivity index (χ3v) is 4.11. The molecular weight excluding hydrogens is 297 g/mol. The van der Waals surface area contributed by atoms with Gasteiger partial charge < -0.3 is 10.2 Å². The fraction of sp³-hybridized carbons (Fsp3) is 0.500. The monoisotopic (exact) mass is 315 g/mol. The largest absolute Gasteiger partial charge is 0.322 e. The van der Waals surface area contributed by atoms with Gasteiger partial charge in [-0.1, -0.05) is 30.1 Å². The van der Waals surface area contributed by atoms with Crippen LogP contribution in [0.5, 0.6) is 0 Å².